The van der Waals surface area contributed by atoms with Gasteiger partial charge in [0.25, 0.3) is 11.6 Å². The van der Waals surface area contributed by atoms with Crippen molar-refractivity contribution in [2.75, 3.05) is 19.8 Å². The molecular weight excluding hydrogens is 340 g/mol. The number of ether oxygens (including phenoxy) is 3. The van der Waals surface area contributed by atoms with Crippen LogP contribution in [-0.2, 0) is 0 Å². The molecule has 0 saturated carbocycles. The van der Waals surface area contributed by atoms with Crippen molar-refractivity contribution in [3.05, 3.63) is 57.6 Å². The van der Waals surface area contributed by atoms with Crippen LogP contribution < -0.4 is 19.5 Å². The predicted octanol–water partition coefficient (Wildman–Crippen LogP) is 2.62. The second-order valence-electron chi connectivity index (χ2n) is 5.97. The molecule has 2 aromatic carbocycles. The van der Waals surface area contributed by atoms with Gasteiger partial charge in [-0.2, -0.15) is 0 Å². The summed E-state index contributed by atoms with van der Waals surface area (Å²) in [6.07, 6.45) is 0.584. The van der Waals surface area contributed by atoms with E-state index in [-0.39, 0.29) is 23.0 Å². The van der Waals surface area contributed by atoms with Gasteiger partial charge in [0.05, 0.1) is 23.6 Å². The fourth-order valence-corrected chi connectivity index (χ4v) is 3.14. The maximum atomic E-state index is 12.8. The molecule has 1 amide bonds. The van der Waals surface area contributed by atoms with Gasteiger partial charge in [-0.25, -0.2) is 0 Å². The Balaban J connectivity index is 1.65. The standard InChI is InChI=1S/C18H16N2O6/c21-18(19-13-5-6-24-15-4-2-1-3-11(13)15)12-9-16-17(26-8-7-25-16)10-14(12)20(22)23/h1-4,9-10,13H,5-8H2,(H,19,21)/t13-/m0/s1. The van der Waals surface area contributed by atoms with Gasteiger partial charge < -0.3 is 19.5 Å². The average Bonchev–Trinajstić information content (AvgIpc) is 2.67. The lowest BCUT2D eigenvalue weighted by Crippen LogP contribution is -2.32. The average molecular weight is 356 g/mol. The summed E-state index contributed by atoms with van der Waals surface area (Å²) < 4.78 is 16.4. The van der Waals surface area contributed by atoms with E-state index >= 15 is 0 Å². The fraction of sp³-hybridized carbons (Fsp3) is 0.278. The molecule has 1 N–H and O–H groups in total. The molecular formula is C18H16N2O6. The normalized spacial score (nSPS) is 17.6. The Labute approximate surface area is 148 Å². The Morgan fingerprint density at radius 3 is 2.50 bits per heavy atom. The lowest BCUT2D eigenvalue weighted by Gasteiger charge is -2.26. The van der Waals surface area contributed by atoms with Crippen molar-refractivity contribution in [3.8, 4) is 17.2 Å². The van der Waals surface area contributed by atoms with E-state index in [0.717, 1.165) is 5.56 Å². The smallest absolute Gasteiger partial charge is 0.286 e. The lowest BCUT2D eigenvalue weighted by atomic mass is 10.00. The zero-order valence-electron chi connectivity index (χ0n) is 13.8. The van der Waals surface area contributed by atoms with E-state index in [2.05, 4.69) is 5.32 Å². The molecule has 0 fully saturated rings. The molecule has 0 unspecified atom stereocenters. The second kappa shape index (κ2) is 6.55. The molecule has 0 bridgehead atoms. The van der Waals surface area contributed by atoms with E-state index < -0.39 is 10.8 Å². The molecule has 0 spiro atoms. The van der Waals surface area contributed by atoms with Gasteiger partial charge in [-0.1, -0.05) is 18.2 Å². The first-order valence-electron chi connectivity index (χ1n) is 8.24. The van der Waals surface area contributed by atoms with Crippen molar-refractivity contribution >= 4 is 11.6 Å². The van der Waals surface area contributed by atoms with Gasteiger partial charge in [-0.15, -0.1) is 0 Å². The van der Waals surface area contributed by atoms with Crippen LogP contribution in [0.1, 0.15) is 28.4 Å². The fourth-order valence-electron chi connectivity index (χ4n) is 3.14. The number of fused-ring (bicyclic) bond motifs is 2. The number of rotatable bonds is 3. The van der Waals surface area contributed by atoms with Crippen molar-refractivity contribution in [2.45, 2.75) is 12.5 Å². The second-order valence-corrected chi connectivity index (χ2v) is 5.97. The minimum absolute atomic E-state index is 0.0526. The van der Waals surface area contributed by atoms with Crippen LogP contribution in [0.5, 0.6) is 17.2 Å². The van der Waals surface area contributed by atoms with E-state index in [4.69, 9.17) is 14.2 Å². The summed E-state index contributed by atoms with van der Waals surface area (Å²) in [6.45, 7) is 1.11. The third-order valence-electron chi connectivity index (χ3n) is 4.37. The highest BCUT2D eigenvalue weighted by molar-refractivity contribution is 5.99. The Morgan fingerprint density at radius 2 is 1.73 bits per heavy atom. The molecule has 8 nitrogen and oxygen atoms in total. The number of nitrogens with one attached hydrogen (secondary N) is 1. The summed E-state index contributed by atoms with van der Waals surface area (Å²) in [5.41, 5.74) is 0.489. The highest BCUT2D eigenvalue weighted by Gasteiger charge is 2.29. The van der Waals surface area contributed by atoms with Crippen LogP contribution in [0.4, 0.5) is 5.69 Å². The lowest BCUT2D eigenvalue weighted by molar-refractivity contribution is -0.385. The third kappa shape index (κ3) is 2.90. The quantitative estimate of drug-likeness (QED) is 0.670. The first-order valence-corrected chi connectivity index (χ1v) is 8.24. The van der Waals surface area contributed by atoms with Crippen LogP contribution in [0.25, 0.3) is 0 Å². The number of carbonyl (C=O) groups excluding carboxylic acids is 1. The molecule has 0 aromatic heterocycles. The number of hydrogen-bond acceptors (Lipinski definition) is 6. The molecule has 8 heteroatoms. The van der Waals surface area contributed by atoms with E-state index in [1.165, 1.54) is 12.1 Å². The molecule has 1 atom stereocenters. The van der Waals surface area contributed by atoms with E-state index in [1.54, 1.807) is 0 Å². The Kier molecular flexibility index (Phi) is 4.08. The molecule has 0 radical (unpaired) electrons. The minimum atomic E-state index is -0.592. The number of para-hydroxylation sites is 1. The molecule has 0 saturated heterocycles. The maximum Gasteiger partial charge on any atom is 0.286 e. The van der Waals surface area contributed by atoms with Gasteiger partial charge in [0.15, 0.2) is 11.5 Å². The predicted molar refractivity (Wildman–Crippen MR) is 90.8 cm³/mol. The Hall–Kier alpha value is -3.29. The van der Waals surface area contributed by atoms with Gasteiger partial charge in [0.2, 0.25) is 0 Å². The third-order valence-corrected chi connectivity index (χ3v) is 4.37. The molecule has 2 aliphatic rings. The summed E-state index contributed by atoms with van der Waals surface area (Å²) >= 11 is 0. The summed E-state index contributed by atoms with van der Waals surface area (Å²) in [6, 6.07) is 9.75. The van der Waals surface area contributed by atoms with Crippen LogP contribution in [0, 0.1) is 10.1 Å². The molecule has 26 heavy (non-hydrogen) atoms. The zero-order chi connectivity index (χ0) is 18.1. The van der Waals surface area contributed by atoms with E-state index in [9.17, 15) is 14.9 Å². The first-order chi connectivity index (χ1) is 12.6. The summed E-state index contributed by atoms with van der Waals surface area (Å²) in [4.78, 5) is 23.6. The van der Waals surface area contributed by atoms with Gasteiger partial charge >= 0.3 is 0 Å². The monoisotopic (exact) mass is 356 g/mol. The number of nitrogens with zero attached hydrogens (tertiary/aromatic N) is 1. The molecule has 2 aromatic rings. The SMILES string of the molecule is O=C(N[C@H]1CCOc2ccccc21)c1cc2c(cc1[N+](=O)[O-])OCCO2. The largest absolute Gasteiger partial charge is 0.493 e. The highest BCUT2D eigenvalue weighted by Crippen LogP contribution is 2.37. The first kappa shape index (κ1) is 16.2. The number of benzene rings is 2. The summed E-state index contributed by atoms with van der Waals surface area (Å²) in [7, 11) is 0. The maximum absolute atomic E-state index is 12.8. The summed E-state index contributed by atoms with van der Waals surface area (Å²) in [5, 5.41) is 14.3. The summed E-state index contributed by atoms with van der Waals surface area (Å²) in [5.74, 6) is 0.784. The van der Waals surface area contributed by atoms with Crippen LogP contribution in [-0.4, -0.2) is 30.7 Å². The van der Waals surface area contributed by atoms with Crippen LogP contribution in [0.15, 0.2) is 36.4 Å². The minimum Gasteiger partial charge on any atom is -0.493 e. The molecule has 134 valence electrons. The number of carbonyl (C=O) groups is 1. The van der Waals surface area contributed by atoms with Crippen LogP contribution >= 0.6 is 0 Å². The number of hydrogen-bond donors (Lipinski definition) is 1. The zero-order valence-corrected chi connectivity index (χ0v) is 13.8. The number of amides is 1. The van der Waals surface area contributed by atoms with Gasteiger partial charge in [-0.3, -0.25) is 14.9 Å². The highest BCUT2D eigenvalue weighted by atomic mass is 16.6. The van der Waals surface area contributed by atoms with Crippen LogP contribution in [0.2, 0.25) is 0 Å². The number of nitro groups is 1. The molecule has 2 heterocycles. The van der Waals surface area contributed by atoms with E-state index in [0.29, 0.717) is 37.7 Å². The van der Waals surface area contributed by atoms with E-state index in [1.807, 2.05) is 24.3 Å². The van der Waals surface area contributed by atoms with Crippen molar-refractivity contribution in [1.82, 2.24) is 5.32 Å². The van der Waals surface area contributed by atoms with Crippen LogP contribution in [0.3, 0.4) is 0 Å². The Bertz CT molecular complexity index is 882. The van der Waals surface area contributed by atoms with Gasteiger partial charge in [0.1, 0.15) is 24.5 Å². The van der Waals surface area contributed by atoms with Gasteiger partial charge in [-0.05, 0) is 6.07 Å². The molecule has 2 aliphatic heterocycles. The van der Waals surface area contributed by atoms with Crippen molar-refractivity contribution in [2.24, 2.45) is 0 Å². The van der Waals surface area contributed by atoms with Crippen molar-refractivity contribution < 1.29 is 23.9 Å². The molecule has 4 rings (SSSR count). The topological polar surface area (TPSA) is 99.9 Å². The van der Waals surface area contributed by atoms with Crippen molar-refractivity contribution in [1.29, 1.82) is 0 Å². The Morgan fingerprint density at radius 1 is 1.04 bits per heavy atom. The van der Waals surface area contributed by atoms with Crippen molar-refractivity contribution in [3.63, 3.8) is 0 Å². The van der Waals surface area contributed by atoms with Gasteiger partial charge in [0, 0.05) is 18.1 Å². The number of nitro benzene ring substituents is 1. The molecule has 0 aliphatic carbocycles.